The molecule has 2 rings (SSSR count). The van der Waals surface area contributed by atoms with Gasteiger partial charge in [0.05, 0.1) is 11.4 Å². The molecule has 102 valence electrons. The molecule has 1 fully saturated rings. The third-order valence-electron chi connectivity index (χ3n) is 2.85. The van der Waals surface area contributed by atoms with E-state index in [4.69, 9.17) is 0 Å². The zero-order chi connectivity index (χ0) is 13.2. The van der Waals surface area contributed by atoms with Gasteiger partial charge in [0.2, 0.25) is 10.0 Å². The van der Waals surface area contributed by atoms with Crippen molar-refractivity contribution in [1.29, 1.82) is 0 Å². The van der Waals surface area contributed by atoms with E-state index in [0.717, 1.165) is 25.8 Å². The molecule has 0 spiro atoms. The second kappa shape index (κ2) is 5.38. The fourth-order valence-electron chi connectivity index (χ4n) is 1.81. The van der Waals surface area contributed by atoms with E-state index in [1.807, 2.05) is 0 Å². The van der Waals surface area contributed by atoms with Gasteiger partial charge in [-0.2, -0.15) is 5.10 Å². The van der Waals surface area contributed by atoms with Crippen molar-refractivity contribution in [2.45, 2.75) is 50.6 Å². The van der Waals surface area contributed by atoms with Gasteiger partial charge in [0.15, 0.2) is 0 Å². The Bertz CT molecular complexity index is 505. The van der Waals surface area contributed by atoms with Crippen LogP contribution in [0.25, 0.3) is 0 Å². The maximum Gasteiger partial charge on any atom is 0.244 e. The molecule has 1 aliphatic rings. The summed E-state index contributed by atoms with van der Waals surface area (Å²) in [6.45, 7) is 5.12. The van der Waals surface area contributed by atoms with Crippen LogP contribution < -0.4 is 10.0 Å². The maximum atomic E-state index is 12.2. The molecule has 3 N–H and O–H groups in total. The molecule has 18 heavy (non-hydrogen) atoms. The molecular formula is C11H20N4O2S. The highest BCUT2D eigenvalue weighted by Gasteiger charge is 2.31. The normalized spacial score (nSPS) is 16.1. The lowest BCUT2D eigenvalue weighted by atomic mass is 10.3. The van der Waals surface area contributed by atoms with Gasteiger partial charge in [0.1, 0.15) is 4.90 Å². The highest BCUT2D eigenvalue weighted by Crippen LogP contribution is 2.24. The van der Waals surface area contributed by atoms with E-state index in [0.29, 0.717) is 22.8 Å². The van der Waals surface area contributed by atoms with E-state index in [2.05, 4.69) is 27.2 Å². The molecule has 1 aliphatic carbocycles. The number of nitrogens with zero attached hydrogens (tertiary/aromatic N) is 1. The first-order valence-corrected chi connectivity index (χ1v) is 7.79. The molecule has 1 saturated carbocycles. The van der Waals surface area contributed by atoms with Crippen LogP contribution in [0.1, 0.15) is 37.6 Å². The first-order valence-electron chi connectivity index (χ1n) is 6.31. The SMILES string of the molecule is CCCNCc1n[nH]c(C)c1S(=O)(=O)NC1CC1. The number of H-pyrrole nitrogens is 1. The van der Waals surface area contributed by atoms with E-state index < -0.39 is 10.0 Å². The van der Waals surface area contributed by atoms with Gasteiger partial charge in [-0.05, 0) is 32.7 Å². The summed E-state index contributed by atoms with van der Waals surface area (Å²) in [4.78, 5) is 0.304. The highest BCUT2D eigenvalue weighted by atomic mass is 32.2. The summed E-state index contributed by atoms with van der Waals surface area (Å²) in [5.74, 6) is 0. The van der Waals surface area contributed by atoms with Crippen molar-refractivity contribution in [2.75, 3.05) is 6.54 Å². The van der Waals surface area contributed by atoms with Crippen molar-refractivity contribution in [2.24, 2.45) is 0 Å². The molecule has 0 saturated heterocycles. The number of aromatic amines is 1. The number of rotatable bonds is 7. The topological polar surface area (TPSA) is 86.9 Å². The van der Waals surface area contributed by atoms with Gasteiger partial charge in [-0.1, -0.05) is 6.92 Å². The predicted octanol–water partition coefficient (Wildman–Crippen LogP) is 0.658. The maximum absolute atomic E-state index is 12.2. The molecule has 1 heterocycles. The van der Waals surface area contributed by atoms with Crippen molar-refractivity contribution in [1.82, 2.24) is 20.2 Å². The van der Waals surface area contributed by atoms with Crippen LogP contribution in [0.4, 0.5) is 0 Å². The molecule has 7 heteroatoms. The molecular weight excluding hydrogens is 252 g/mol. The Labute approximate surface area is 108 Å². The van der Waals surface area contributed by atoms with E-state index >= 15 is 0 Å². The number of sulfonamides is 1. The van der Waals surface area contributed by atoms with Crippen LogP contribution in [0.15, 0.2) is 4.90 Å². The Hall–Kier alpha value is -0.920. The van der Waals surface area contributed by atoms with Crippen molar-refractivity contribution in [3.05, 3.63) is 11.4 Å². The standard InChI is InChI=1S/C11H20N4O2S/c1-3-6-12-7-10-11(8(2)13-14-10)18(16,17)15-9-4-5-9/h9,12,15H,3-7H2,1-2H3,(H,13,14). The predicted molar refractivity (Wildman–Crippen MR) is 68.7 cm³/mol. The lowest BCUT2D eigenvalue weighted by Crippen LogP contribution is -2.27. The largest absolute Gasteiger partial charge is 0.311 e. The molecule has 1 aromatic heterocycles. The molecule has 6 nitrogen and oxygen atoms in total. The monoisotopic (exact) mass is 272 g/mol. The number of hydrogen-bond acceptors (Lipinski definition) is 4. The second-order valence-electron chi connectivity index (χ2n) is 4.70. The Morgan fingerprint density at radius 1 is 1.44 bits per heavy atom. The van der Waals surface area contributed by atoms with Crippen LogP contribution in [0.3, 0.4) is 0 Å². The number of hydrogen-bond donors (Lipinski definition) is 3. The molecule has 0 amide bonds. The Kier molecular flexibility index (Phi) is 4.04. The molecule has 0 aliphatic heterocycles. The number of aryl methyl sites for hydroxylation is 1. The van der Waals surface area contributed by atoms with Gasteiger partial charge >= 0.3 is 0 Å². The summed E-state index contributed by atoms with van der Waals surface area (Å²) < 4.78 is 27.1. The summed E-state index contributed by atoms with van der Waals surface area (Å²) in [5, 5.41) is 10.0. The summed E-state index contributed by atoms with van der Waals surface area (Å²) in [7, 11) is -3.44. The minimum atomic E-state index is -3.44. The minimum absolute atomic E-state index is 0.112. The molecule has 0 atom stereocenters. The van der Waals surface area contributed by atoms with Gasteiger partial charge in [-0.25, -0.2) is 13.1 Å². The zero-order valence-electron chi connectivity index (χ0n) is 10.8. The third-order valence-corrected chi connectivity index (χ3v) is 4.57. The average molecular weight is 272 g/mol. The van der Waals surface area contributed by atoms with Crippen molar-refractivity contribution < 1.29 is 8.42 Å². The average Bonchev–Trinajstić information content (AvgIpc) is 3.00. The van der Waals surface area contributed by atoms with Crippen LogP contribution in [-0.2, 0) is 16.6 Å². The summed E-state index contributed by atoms with van der Waals surface area (Å²) in [6, 6.07) is 0.112. The Balaban J connectivity index is 2.16. The fraction of sp³-hybridized carbons (Fsp3) is 0.727. The van der Waals surface area contributed by atoms with E-state index in [-0.39, 0.29) is 6.04 Å². The van der Waals surface area contributed by atoms with Gasteiger partial charge < -0.3 is 5.32 Å². The first kappa shape index (κ1) is 13.5. The van der Waals surface area contributed by atoms with Crippen molar-refractivity contribution >= 4 is 10.0 Å². The van der Waals surface area contributed by atoms with Crippen LogP contribution >= 0.6 is 0 Å². The summed E-state index contributed by atoms with van der Waals surface area (Å²) >= 11 is 0. The zero-order valence-corrected chi connectivity index (χ0v) is 11.6. The first-order chi connectivity index (χ1) is 8.54. The summed E-state index contributed by atoms with van der Waals surface area (Å²) in [5.41, 5.74) is 1.16. The Morgan fingerprint density at radius 2 is 2.17 bits per heavy atom. The molecule has 0 unspecified atom stereocenters. The molecule has 0 radical (unpaired) electrons. The quantitative estimate of drug-likeness (QED) is 0.636. The van der Waals surface area contributed by atoms with E-state index in [9.17, 15) is 8.42 Å². The molecule has 0 aromatic carbocycles. The van der Waals surface area contributed by atoms with Gasteiger partial charge in [-0.3, -0.25) is 5.10 Å². The summed E-state index contributed by atoms with van der Waals surface area (Å²) in [6.07, 6.45) is 2.87. The third kappa shape index (κ3) is 3.09. The second-order valence-corrected chi connectivity index (χ2v) is 6.35. The lowest BCUT2D eigenvalue weighted by molar-refractivity contribution is 0.577. The number of nitrogens with one attached hydrogen (secondary N) is 3. The van der Waals surface area contributed by atoms with Crippen LogP contribution in [0.5, 0.6) is 0 Å². The van der Waals surface area contributed by atoms with Crippen LogP contribution in [0.2, 0.25) is 0 Å². The molecule has 1 aromatic rings. The minimum Gasteiger partial charge on any atom is -0.311 e. The Morgan fingerprint density at radius 3 is 2.78 bits per heavy atom. The van der Waals surface area contributed by atoms with Gasteiger partial charge in [0, 0.05) is 12.6 Å². The van der Waals surface area contributed by atoms with Crippen LogP contribution in [0, 0.1) is 6.92 Å². The lowest BCUT2D eigenvalue weighted by Gasteiger charge is -2.07. The smallest absolute Gasteiger partial charge is 0.244 e. The highest BCUT2D eigenvalue weighted by molar-refractivity contribution is 7.89. The number of aromatic nitrogens is 2. The van der Waals surface area contributed by atoms with Crippen LogP contribution in [-0.4, -0.2) is 31.2 Å². The van der Waals surface area contributed by atoms with Crippen molar-refractivity contribution in [3.63, 3.8) is 0 Å². The van der Waals surface area contributed by atoms with Gasteiger partial charge in [0.25, 0.3) is 0 Å². The van der Waals surface area contributed by atoms with Crippen molar-refractivity contribution in [3.8, 4) is 0 Å². The fourth-order valence-corrected chi connectivity index (χ4v) is 3.48. The van der Waals surface area contributed by atoms with Gasteiger partial charge in [-0.15, -0.1) is 0 Å². The molecule has 0 bridgehead atoms. The van der Waals surface area contributed by atoms with E-state index in [1.54, 1.807) is 6.92 Å². The van der Waals surface area contributed by atoms with E-state index in [1.165, 1.54) is 0 Å².